The van der Waals surface area contributed by atoms with Crippen molar-refractivity contribution in [2.24, 2.45) is 0 Å². The van der Waals surface area contributed by atoms with Gasteiger partial charge in [0.15, 0.2) is 0 Å². The Morgan fingerprint density at radius 3 is 1.85 bits per heavy atom. The average Bonchev–Trinajstić information content (AvgIpc) is 1.85. The first-order valence-corrected chi connectivity index (χ1v) is 5.89. The second-order valence-corrected chi connectivity index (χ2v) is 4.48. The molecule has 0 saturated heterocycles. The molecular formula is C6H12ClNa2O3P. The summed E-state index contributed by atoms with van der Waals surface area (Å²) in [6, 6.07) is 0. The molecule has 0 unspecified atom stereocenters. The molecule has 0 aliphatic rings. The monoisotopic (exact) mass is 244 g/mol. The minimum atomic E-state index is -4.25. The molecule has 0 bridgehead atoms. The van der Waals surface area contributed by atoms with Crippen molar-refractivity contribution in [3.05, 3.63) is 0 Å². The third-order valence-corrected chi connectivity index (χ3v) is 2.45. The van der Waals surface area contributed by atoms with Crippen molar-refractivity contribution in [1.29, 1.82) is 0 Å². The van der Waals surface area contributed by atoms with Gasteiger partial charge in [-0.15, -0.1) is 11.6 Å². The van der Waals surface area contributed by atoms with Gasteiger partial charge in [0.05, 0.1) is 0 Å². The van der Waals surface area contributed by atoms with Crippen LogP contribution in [0.25, 0.3) is 0 Å². The number of halogens is 1. The number of unbranched alkanes of at least 4 members (excludes halogenated alkanes) is 3. The molecule has 0 aliphatic carbocycles. The molecule has 68 valence electrons. The summed E-state index contributed by atoms with van der Waals surface area (Å²) >= 11 is 5.39. The first-order chi connectivity index (χ1) is 5.06. The number of alkyl halides is 1. The third kappa shape index (κ3) is 20.5. The maximum Gasteiger partial charge on any atom is 1.00 e. The minimum absolute atomic E-state index is 0. The van der Waals surface area contributed by atoms with Crippen LogP contribution in [0.1, 0.15) is 25.7 Å². The zero-order valence-electron chi connectivity index (χ0n) is 8.29. The van der Waals surface area contributed by atoms with Gasteiger partial charge in [-0.25, -0.2) is 0 Å². The average molecular weight is 245 g/mol. The van der Waals surface area contributed by atoms with Crippen LogP contribution in [0.2, 0.25) is 0 Å². The van der Waals surface area contributed by atoms with Crippen LogP contribution in [0.3, 0.4) is 0 Å². The Kier molecular flexibility index (Phi) is 20.0. The Balaban J connectivity index is -0.000000500. The van der Waals surface area contributed by atoms with E-state index in [2.05, 4.69) is 0 Å². The second kappa shape index (κ2) is 12.5. The van der Waals surface area contributed by atoms with Gasteiger partial charge in [-0.3, -0.25) is 0 Å². The number of rotatable bonds is 6. The van der Waals surface area contributed by atoms with E-state index in [1.165, 1.54) is 0 Å². The predicted octanol–water partition coefficient (Wildman–Crippen LogP) is -5.29. The van der Waals surface area contributed by atoms with Crippen LogP contribution in [-0.2, 0) is 4.57 Å². The van der Waals surface area contributed by atoms with Gasteiger partial charge >= 0.3 is 59.1 Å². The van der Waals surface area contributed by atoms with Crippen molar-refractivity contribution in [2.45, 2.75) is 25.7 Å². The molecule has 0 spiro atoms. The normalized spacial score (nSPS) is 10.1. The zero-order valence-corrected chi connectivity index (χ0v) is 13.9. The molecule has 0 rings (SSSR count). The maximum atomic E-state index is 10.1. The summed E-state index contributed by atoms with van der Waals surface area (Å²) in [6.07, 6.45) is 2.84. The van der Waals surface area contributed by atoms with Crippen LogP contribution in [0.4, 0.5) is 0 Å². The fraction of sp³-hybridized carbons (Fsp3) is 1.00. The van der Waals surface area contributed by atoms with Crippen molar-refractivity contribution in [2.75, 3.05) is 12.0 Å². The van der Waals surface area contributed by atoms with E-state index in [0.717, 1.165) is 19.3 Å². The molecule has 0 N–H and O–H groups in total. The van der Waals surface area contributed by atoms with E-state index in [1.807, 2.05) is 0 Å². The summed E-state index contributed by atoms with van der Waals surface area (Å²) in [4.78, 5) is 20.2. The van der Waals surface area contributed by atoms with Crippen LogP contribution in [0, 0.1) is 0 Å². The summed E-state index contributed by atoms with van der Waals surface area (Å²) in [5.74, 6) is 0.604. The van der Waals surface area contributed by atoms with Gasteiger partial charge in [-0.1, -0.05) is 20.4 Å². The van der Waals surface area contributed by atoms with E-state index in [-0.39, 0.29) is 65.3 Å². The van der Waals surface area contributed by atoms with E-state index in [1.54, 1.807) is 0 Å². The quantitative estimate of drug-likeness (QED) is 0.203. The van der Waals surface area contributed by atoms with E-state index >= 15 is 0 Å². The van der Waals surface area contributed by atoms with Crippen molar-refractivity contribution in [1.82, 2.24) is 0 Å². The van der Waals surface area contributed by atoms with Gasteiger partial charge in [-0.2, -0.15) is 0 Å². The molecule has 0 fully saturated rings. The van der Waals surface area contributed by atoms with E-state index < -0.39 is 7.60 Å². The molecule has 0 atom stereocenters. The molecule has 0 aromatic heterocycles. The van der Waals surface area contributed by atoms with Crippen molar-refractivity contribution < 1.29 is 73.5 Å². The van der Waals surface area contributed by atoms with E-state index in [0.29, 0.717) is 12.3 Å². The Morgan fingerprint density at radius 1 is 1.00 bits per heavy atom. The number of hydrogen-bond acceptors (Lipinski definition) is 3. The first kappa shape index (κ1) is 20.8. The molecular weight excluding hydrogens is 232 g/mol. The second-order valence-electron chi connectivity index (χ2n) is 2.44. The fourth-order valence-corrected chi connectivity index (χ4v) is 1.55. The largest absolute Gasteiger partial charge is 1.00 e. The minimum Gasteiger partial charge on any atom is -0.811 e. The Hall–Kier alpha value is 2.44. The predicted molar refractivity (Wildman–Crippen MR) is 41.7 cm³/mol. The van der Waals surface area contributed by atoms with Crippen LogP contribution in [0.5, 0.6) is 0 Å². The maximum absolute atomic E-state index is 10.1. The molecule has 0 aliphatic heterocycles. The Morgan fingerprint density at radius 2 is 1.46 bits per heavy atom. The standard InChI is InChI=1S/C6H14ClO3P.2Na/c7-5-3-1-2-4-6-11(8,9)10;;/h1-6H2,(H2,8,9,10);;/q;2*+1/p-2. The van der Waals surface area contributed by atoms with Gasteiger partial charge < -0.3 is 14.4 Å². The molecule has 3 nitrogen and oxygen atoms in total. The topological polar surface area (TPSA) is 63.2 Å². The summed E-state index contributed by atoms with van der Waals surface area (Å²) < 4.78 is 10.1. The molecule has 0 amide bonds. The molecule has 0 saturated carbocycles. The van der Waals surface area contributed by atoms with Crippen molar-refractivity contribution >= 4 is 19.2 Å². The van der Waals surface area contributed by atoms with Gasteiger partial charge in [0.25, 0.3) is 0 Å². The SMILES string of the molecule is O=P([O-])([O-])CCCCCCCl.[Na+].[Na+]. The molecule has 13 heavy (non-hydrogen) atoms. The molecule has 0 heterocycles. The van der Waals surface area contributed by atoms with Gasteiger partial charge in [0.2, 0.25) is 0 Å². The molecule has 0 aromatic carbocycles. The first-order valence-electron chi connectivity index (χ1n) is 3.63. The van der Waals surface area contributed by atoms with Crippen LogP contribution in [-0.4, -0.2) is 12.0 Å². The van der Waals surface area contributed by atoms with Crippen molar-refractivity contribution in [3.63, 3.8) is 0 Å². The van der Waals surface area contributed by atoms with Crippen LogP contribution < -0.4 is 68.9 Å². The van der Waals surface area contributed by atoms with E-state index in [9.17, 15) is 14.4 Å². The van der Waals surface area contributed by atoms with Crippen LogP contribution in [0.15, 0.2) is 0 Å². The molecule has 0 aromatic rings. The number of hydrogen-bond donors (Lipinski definition) is 0. The summed E-state index contributed by atoms with van der Waals surface area (Å²) in [5.41, 5.74) is 0. The van der Waals surface area contributed by atoms with Gasteiger partial charge in [0.1, 0.15) is 0 Å². The summed E-state index contributed by atoms with van der Waals surface area (Å²) in [5, 5.41) is 0. The van der Waals surface area contributed by atoms with Gasteiger partial charge in [-0.05, 0) is 19.0 Å². The third-order valence-electron chi connectivity index (χ3n) is 1.32. The molecule has 7 heteroatoms. The smallest absolute Gasteiger partial charge is 0.811 e. The summed E-state index contributed by atoms with van der Waals surface area (Å²) in [7, 11) is -4.25. The molecule has 0 radical (unpaired) electrons. The van der Waals surface area contributed by atoms with Crippen LogP contribution >= 0.6 is 19.2 Å². The summed E-state index contributed by atoms with van der Waals surface area (Å²) in [6.45, 7) is 0. The van der Waals surface area contributed by atoms with Crippen molar-refractivity contribution in [3.8, 4) is 0 Å². The van der Waals surface area contributed by atoms with Gasteiger partial charge in [0, 0.05) is 5.88 Å². The van der Waals surface area contributed by atoms with E-state index in [4.69, 9.17) is 11.6 Å². The fourth-order valence-electron chi connectivity index (χ4n) is 0.753. The zero-order chi connectivity index (χ0) is 8.74. The Bertz CT molecular complexity index is 142. The Labute approximate surface area is 129 Å².